The first-order valence-corrected chi connectivity index (χ1v) is 19.2. The minimum Gasteiger partial charge on any atom is -0.507 e. The van der Waals surface area contributed by atoms with E-state index in [1.807, 2.05) is 6.92 Å². The molecule has 7 rings (SSSR count). The Morgan fingerprint density at radius 2 is 1.33 bits per heavy atom. The Morgan fingerprint density at radius 1 is 0.686 bits per heavy atom. The molecule has 0 atom stereocenters. The zero-order valence-corrected chi connectivity index (χ0v) is 32.2. The van der Waals surface area contributed by atoms with E-state index < -0.39 is 0 Å². The maximum absolute atomic E-state index is 12.0. The van der Waals surface area contributed by atoms with Crippen LogP contribution in [0.3, 0.4) is 0 Å². The van der Waals surface area contributed by atoms with Gasteiger partial charge in [0.05, 0.1) is 12.6 Å². The highest BCUT2D eigenvalue weighted by Gasteiger charge is 2.33. The van der Waals surface area contributed by atoms with E-state index in [1.54, 1.807) is 0 Å². The van der Waals surface area contributed by atoms with Crippen LogP contribution in [0, 0.1) is 27.7 Å². The first-order valence-electron chi connectivity index (χ1n) is 19.2. The van der Waals surface area contributed by atoms with Crippen molar-refractivity contribution in [2.75, 3.05) is 0 Å². The van der Waals surface area contributed by atoms with Gasteiger partial charge in [0.25, 0.3) is 5.82 Å². The van der Waals surface area contributed by atoms with Gasteiger partial charge in [0.2, 0.25) is 0 Å². The molecule has 3 nitrogen and oxygen atoms in total. The summed E-state index contributed by atoms with van der Waals surface area (Å²) in [6, 6.07) is 31.6. The van der Waals surface area contributed by atoms with E-state index in [2.05, 4.69) is 150 Å². The number of fused-ring (bicyclic) bond motifs is 1. The summed E-state index contributed by atoms with van der Waals surface area (Å²) in [4.78, 5) is 0. The fourth-order valence-corrected chi connectivity index (χ4v) is 8.82. The molecule has 0 aliphatic heterocycles. The molecule has 1 fully saturated rings. The van der Waals surface area contributed by atoms with Crippen LogP contribution in [-0.2, 0) is 7.05 Å². The summed E-state index contributed by atoms with van der Waals surface area (Å²) in [5.74, 6) is 2.84. The highest BCUT2D eigenvalue weighted by molar-refractivity contribution is 5.93. The van der Waals surface area contributed by atoms with E-state index >= 15 is 0 Å². The smallest absolute Gasteiger partial charge is 0.295 e. The quantitative estimate of drug-likeness (QED) is 0.168. The number of aromatic nitrogens is 2. The Kier molecular flexibility index (Phi) is 9.44. The van der Waals surface area contributed by atoms with E-state index in [0.717, 1.165) is 28.1 Å². The fraction of sp³-hybridized carbons (Fsp3) is 0.354. The lowest BCUT2D eigenvalue weighted by atomic mass is 9.82. The van der Waals surface area contributed by atoms with E-state index in [-0.39, 0.29) is 0 Å². The van der Waals surface area contributed by atoms with Gasteiger partial charge in [-0.05, 0) is 115 Å². The summed E-state index contributed by atoms with van der Waals surface area (Å²) in [6.07, 6.45) is 6.49. The Bertz CT molecular complexity index is 2230. The maximum atomic E-state index is 12.0. The molecular weight excluding hydrogens is 621 g/mol. The average molecular weight is 676 g/mol. The van der Waals surface area contributed by atoms with Gasteiger partial charge in [0.15, 0.2) is 11.0 Å². The summed E-state index contributed by atoms with van der Waals surface area (Å²) in [7, 11) is 2.22. The molecule has 5 aromatic carbocycles. The number of benzene rings is 5. The first kappa shape index (κ1) is 34.8. The van der Waals surface area contributed by atoms with Crippen LogP contribution < -0.4 is 4.57 Å². The van der Waals surface area contributed by atoms with Crippen molar-refractivity contribution in [3.05, 3.63) is 124 Å². The number of para-hydroxylation sites is 1. The first-order chi connectivity index (χ1) is 24.5. The highest BCUT2D eigenvalue weighted by atomic mass is 16.3. The lowest BCUT2D eigenvalue weighted by Gasteiger charge is -2.23. The zero-order valence-electron chi connectivity index (χ0n) is 32.2. The van der Waals surface area contributed by atoms with Gasteiger partial charge in [-0.15, -0.1) is 0 Å². The molecule has 262 valence electrons. The minimum atomic E-state index is 0.351. The number of imidazole rings is 1. The summed E-state index contributed by atoms with van der Waals surface area (Å²) in [5, 5.41) is 12.0. The second-order valence-electron chi connectivity index (χ2n) is 15.8. The molecule has 51 heavy (non-hydrogen) atoms. The summed E-state index contributed by atoms with van der Waals surface area (Å²) < 4.78 is 4.94. The number of nitrogens with zero attached hydrogens (tertiary/aromatic N) is 2. The molecule has 6 aromatic rings. The van der Waals surface area contributed by atoms with Crippen LogP contribution in [0.1, 0.15) is 116 Å². The molecule has 1 aliphatic rings. The standard InChI is InChI=1S/C48H54N2O/c1-29(2)38-19-14-20-39(30(3)4)46(38)50-43-27-31(5)21-26-42(43)49(9)48(50)44-32(6)22-24-40(34(44)8)45-41(25-23-33(7)47(45)51)37-18-13-17-36(28-37)35-15-11-10-12-16-35/h13-14,17-30,35H,10-12,15-16H2,1-9H3/p+1. The van der Waals surface area contributed by atoms with E-state index in [4.69, 9.17) is 0 Å². The van der Waals surface area contributed by atoms with Crippen LogP contribution in [0.15, 0.2) is 84.9 Å². The average Bonchev–Trinajstić information content (AvgIpc) is 3.39. The van der Waals surface area contributed by atoms with Gasteiger partial charge < -0.3 is 5.11 Å². The van der Waals surface area contributed by atoms with Crippen molar-refractivity contribution in [1.29, 1.82) is 0 Å². The molecule has 0 unspecified atom stereocenters. The van der Waals surface area contributed by atoms with E-state index in [1.165, 1.54) is 93.3 Å². The van der Waals surface area contributed by atoms with Gasteiger partial charge in [0.1, 0.15) is 11.4 Å². The Labute approximate surface area is 305 Å². The van der Waals surface area contributed by atoms with Crippen molar-refractivity contribution in [2.45, 2.75) is 105 Å². The third kappa shape index (κ3) is 6.09. The largest absolute Gasteiger partial charge is 0.507 e. The van der Waals surface area contributed by atoms with E-state index in [0.29, 0.717) is 23.5 Å². The van der Waals surface area contributed by atoms with Crippen molar-refractivity contribution in [3.8, 4) is 45.1 Å². The van der Waals surface area contributed by atoms with E-state index in [9.17, 15) is 5.11 Å². The molecule has 1 aromatic heterocycles. The van der Waals surface area contributed by atoms with Crippen LogP contribution in [-0.4, -0.2) is 9.67 Å². The van der Waals surface area contributed by atoms with Gasteiger partial charge in [-0.1, -0.05) is 120 Å². The lowest BCUT2D eigenvalue weighted by molar-refractivity contribution is -0.633. The number of phenolic OH excluding ortho intramolecular Hbond substituents is 1. The van der Waals surface area contributed by atoms with Gasteiger partial charge in [-0.25, -0.2) is 4.57 Å². The molecule has 1 N–H and O–H groups in total. The zero-order chi connectivity index (χ0) is 36.1. The molecule has 0 radical (unpaired) electrons. The van der Waals surface area contributed by atoms with Crippen LogP contribution >= 0.6 is 0 Å². The molecule has 0 bridgehead atoms. The molecule has 0 spiro atoms. The highest BCUT2D eigenvalue weighted by Crippen LogP contribution is 2.46. The van der Waals surface area contributed by atoms with Crippen molar-refractivity contribution < 1.29 is 9.67 Å². The lowest BCUT2D eigenvalue weighted by Crippen LogP contribution is -2.31. The summed E-state index contributed by atoms with van der Waals surface area (Å²) >= 11 is 0. The Balaban J connectivity index is 1.53. The van der Waals surface area contributed by atoms with Crippen LogP contribution in [0.5, 0.6) is 5.75 Å². The Hall–Kier alpha value is -4.63. The molecule has 0 amide bonds. The maximum Gasteiger partial charge on any atom is 0.295 e. The number of hydrogen-bond donors (Lipinski definition) is 1. The number of hydrogen-bond acceptors (Lipinski definition) is 1. The van der Waals surface area contributed by atoms with Crippen LogP contribution in [0.4, 0.5) is 0 Å². The predicted octanol–water partition coefficient (Wildman–Crippen LogP) is 12.7. The van der Waals surface area contributed by atoms with Gasteiger partial charge in [-0.2, -0.15) is 4.57 Å². The predicted molar refractivity (Wildman–Crippen MR) is 215 cm³/mol. The third-order valence-electron chi connectivity index (χ3n) is 11.6. The Morgan fingerprint density at radius 3 is 2.02 bits per heavy atom. The topological polar surface area (TPSA) is 29.0 Å². The number of rotatable bonds is 7. The second-order valence-corrected chi connectivity index (χ2v) is 15.8. The van der Waals surface area contributed by atoms with Crippen molar-refractivity contribution in [3.63, 3.8) is 0 Å². The molecule has 1 saturated carbocycles. The molecule has 3 heteroatoms. The summed E-state index contributed by atoms with van der Waals surface area (Å²) in [5.41, 5.74) is 17.8. The van der Waals surface area contributed by atoms with Gasteiger partial charge >= 0.3 is 0 Å². The minimum absolute atomic E-state index is 0.351. The SMILES string of the molecule is Cc1ccc2c(c1)n(-c1c(C(C)C)cccc1C(C)C)c(-c1c(C)ccc(-c3c(-c4cccc(C5CCCCC5)c4)ccc(C)c3O)c1C)[n+]2C. The second kappa shape index (κ2) is 13.8. The van der Waals surface area contributed by atoms with Gasteiger partial charge in [0, 0.05) is 16.7 Å². The number of aromatic hydroxyl groups is 1. The number of aryl methyl sites for hydroxylation is 4. The molecule has 0 saturated heterocycles. The fourth-order valence-electron chi connectivity index (χ4n) is 8.82. The van der Waals surface area contributed by atoms with Crippen LogP contribution in [0.25, 0.3) is 50.4 Å². The monoisotopic (exact) mass is 675 g/mol. The van der Waals surface area contributed by atoms with Gasteiger partial charge in [-0.3, -0.25) is 0 Å². The van der Waals surface area contributed by atoms with Crippen molar-refractivity contribution in [2.24, 2.45) is 7.05 Å². The van der Waals surface area contributed by atoms with Crippen molar-refractivity contribution >= 4 is 11.0 Å². The number of phenols is 1. The molecule has 1 aliphatic carbocycles. The normalized spacial score (nSPS) is 13.9. The molecule has 1 heterocycles. The molecular formula is C48H55N2O+. The van der Waals surface area contributed by atoms with Crippen LogP contribution in [0.2, 0.25) is 0 Å². The third-order valence-corrected chi connectivity index (χ3v) is 11.6. The summed E-state index contributed by atoms with van der Waals surface area (Å²) in [6.45, 7) is 17.9. The van der Waals surface area contributed by atoms with Crippen molar-refractivity contribution in [1.82, 2.24) is 4.57 Å².